The Bertz CT molecular complexity index is 992. The average molecular weight is 431 g/mol. The van der Waals surface area contributed by atoms with Crippen molar-refractivity contribution in [2.45, 2.75) is 23.3 Å². The smallest absolute Gasteiger partial charge is 0.244 e. The molecule has 154 valence electrons. The van der Waals surface area contributed by atoms with Gasteiger partial charge in [0.05, 0.1) is 6.61 Å². The molecule has 0 saturated carbocycles. The maximum absolute atomic E-state index is 12.3. The van der Waals surface area contributed by atoms with E-state index in [0.29, 0.717) is 18.0 Å². The van der Waals surface area contributed by atoms with E-state index in [-0.39, 0.29) is 6.54 Å². The Balaban J connectivity index is 2.23. The summed E-state index contributed by atoms with van der Waals surface area (Å²) in [5.74, 6) is 0.204. The minimum absolute atomic E-state index is 0.279. The number of hydrogen-bond donors (Lipinski definition) is 3. The number of anilines is 1. The third-order valence-corrected chi connectivity index (χ3v) is 6.71. The molecule has 0 atom stereocenters. The number of hydrogen-bond acceptors (Lipinski definition) is 6. The molecule has 1 heterocycles. The first kappa shape index (κ1) is 21.9. The van der Waals surface area contributed by atoms with Crippen molar-refractivity contribution >= 4 is 31.6 Å². The molecule has 12 heteroatoms. The van der Waals surface area contributed by atoms with Crippen molar-refractivity contribution in [1.29, 1.82) is 0 Å². The van der Waals surface area contributed by atoms with Crippen LogP contribution in [-0.2, 0) is 31.4 Å². The van der Waals surface area contributed by atoms with Crippen LogP contribution < -0.4 is 19.5 Å². The van der Waals surface area contributed by atoms with Crippen LogP contribution in [-0.4, -0.2) is 48.0 Å². The Morgan fingerprint density at radius 2 is 1.46 bits per heavy atom. The minimum Gasteiger partial charge on any atom is -0.494 e. The number of benzene rings is 1. The molecule has 0 fully saturated rings. The van der Waals surface area contributed by atoms with Crippen LogP contribution in [0.5, 0.6) is 5.75 Å². The molecule has 2 rings (SSSR count). The molecule has 0 saturated heterocycles. The standard InChI is InChI=1S/C16H22N4O6S2/c1-4-26-13-7-5-12(6-8-13)19-16(21)11-20-9-14(27(22,23)17-2)15(10-20)28(24,25)18-3/h5-10,17-18H,4,11H2,1-3H3,(H,19,21). The van der Waals surface area contributed by atoms with Gasteiger partial charge in [-0.2, -0.15) is 0 Å². The number of nitrogens with one attached hydrogen (secondary N) is 3. The second kappa shape index (κ2) is 8.73. The highest BCUT2D eigenvalue weighted by Gasteiger charge is 2.27. The van der Waals surface area contributed by atoms with Gasteiger partial charge < -0.3 is 14.6 Å². The van der Waals surface area contributed by atoms with E-state index in [1.54, 1.807) is 24.3 Å². The molecule has 10 nitrogen and oxygen atoms in total. The first-order valence-electron chi connectivity index (χ1n) is 8.22. The quantitative estimate of drug-likeness (QED) is 0.525. The van der Waals surface area contributed by atoms with Gasteiger partial charge in [-0.15, -0.1) is 0 Å². The minimum atomic E-state index is -4.04. The Kier molecular flexibility index (Phi) is 6.82. The van der Waals surface area contributed by atoms with Gasteiger partial charge in [0.25, 0.3) is 0 Å². The summed E-state index contributed by atoms with van der Waals surface area (Å²) in [6.07, 6.45) is 2.18. The molecule has 0 aliphatic carbocycles. The van der Waals surface area contributed by atoms with Gasteiger partial charge in [-0.1, -0.05) is 0 Å². The third kappa shape index (κ3) is 5.10. The van der Waals surface area contributed by atoms with Gasteiger partial charge in [0.15, 0.2) is 0 Å². The van der Waals surface area contributed by atoms with Gasteiger partial charge >= 0.3 is 0 Å². The maximum Gasteiger partial charge on any atom is 0.244 e. The highest BCUT2D eigenvalue weighted by Crippen LogP contribution is 2.22. The summed E-state index contributed by atoms with van der Waals surface area (Å²) in [6.45, 7) is 2.10. The van der Waals surface area contributed by atoms with Crippen LogP contribution in [0, 0.1) is 0 Å². The number of sulfonamides is 2. The molecule has 0 radical (unpaired) electrons. The molecular formula is C16H22N4O6S2. The molecule has 1 aromatic heterocycles. The number of carbonyl (C=O) groups excluding carboxylic acids is 1. The average Bonchev–Trinajstić information content (AvgIpc) is 3.09. The first-order valence-corrected chi connectivity index (χ1v) is 11.2. The van der Waals surface area contributed by atoms with Crippen LogP contribution in [0.25, 0.3) is 0 Å². The molecule has 0 unspecified atom stereocenters. The van der Waals surface area contributed by atoms with E-state index in [0.717, 1.165) is 12.4 Å². The van der Waals surface area contributed by atoms with E-state index in [1.165, 1.54) is 18.7 Å². The van der Waals surface area contributed by atoms with Crippen molar-refractivity contribution in [2.24, 2.45) is 0 Å². The number of ether oxygens (including phenoxy) is 1. The Labute approximate surface area is 164 Å². The second-order valence-corrected chi connectivity index (χ2v) is 9.29. The van der Waals surface area contributed by atoms with Crippen LogP contribution in [0.3, 0.4) is 0 Å². The summed E-state index contributed by atoms with van der Waals surface area (Å²) < 4.78 is 59.2. The largest absolute Gasteiger partial charge is 0.494 e. The lowest BCUT2D eigenvalue weighted by Crippen LogP contribution is -2.24. The van der Waals surface area contributed by atoms with Crippen LogP contribution in [0.4, 0.5) is 5.69 Å². The predicted molar refractivity (Wildman–Crippen MR) is 103 cm³/mol. The monoisotopic (exact) mass is 430 g/mol. The van der Waals surface area contributed by atoms with E-state index in [9.17, 15) is 21.6 Å². The van der Waals surface area contributed by atoms with Gasteiger partial charge in [0.2, 0.25) is 26.0 Å². The lowest BCUT2D eigenvalue weighted by Gasteiger charge is -2.07. The Morgan fingerprint density at radius 1 is 0.964 bits per heavy atom. The zero-order valence-electron chi connectivity index (χ0n) is 15.6. The molecule has 0 bridgehead atoms. The SMILES string of the molecule is CCOc1ccc(NC(=O)Cn2cc(S(=O)(=O)NC)c(S(=O)(=O)NC)c2)cc1. The van der Waals surface area contributed by atoms with Crippen molar-refractivity contribution in [3.8, 4) is 5.75 Å². The summed E-state index contributed by atoms with van der Waals surface area (Å²) >= 11 is 0. The third-order valence-electron chi connectivity index (χ3n) is 3.70. The molecular weight excluding hydrogens is 408 g/mol. The molecule has 0 spiro atoms. The highest BCUT2D eigenvalue weighted by atomic mass is 32.2. The normalized spacial score (nSPS) is 12.0. The summed E-state index contributed by atoms with van der Waals surface area (Å²) in [5, 5.41) is 2.65. The first-order chi connectivity index (χ1) is 13.1. The van der Waals surface area contributed by atoms with Gasteiger partial charge in [-0.3, -0.25) is 4.79 Å². The molecule has 0 aliphatic heterocycles. The van der Waals surface area contributed by atoms with Gasteiger partial charge in [0.1, 0.15) is 22.1 Å². The van der Waals surface area contributed by atoms with Crippen molar-refractivity contribution in [1.82, 2.24) is 14.0 Å². The molecule has 0 aliphatic rings. The molecule has 3 N–H and O–H groups in total. The molecule has 1 aromatic carbocycles. The van der Waals surface area contributed by atoms with Crippen molar-refractivity contribution < 1.29 is 26.4 Å². The van der Waals surface area contributed by atoms with E-state index in [2.05, 4.69) is 14.8 Å². The number of nitrogens with zero attached hydrogens (tertiary/aromatic N) is 1. The summed E-state index contributed by atoms with van der Waals surface area (Å²) in [6, 6.07) is 6.71. The maximum atomic E-state index is 12.3. The van der Waals surface area contributed by atoms with Crippen molar-refractivity contribution in [3.05, 3.63) is 36.7 Å². The van der Waals surface area contributed by atoms with E-state index in [1.807, 2.05) is 6.92 Å². The van der Waals surface area contributed by atoms with Crippen molar-refractivity contribution in [2.75, 3.05) is 26.0 Å². The number of amides is 1. The van der Waals surface area contributed by atoms with Crippen LogP contribution in [0.15, 0.2) is 46.5 Å². The van der Waals surface area contributed by atoms with E-state index >= 15 is 0 Å². The highest BCUT2D eigenvalue weighted by molar-refractivity contribution is 7.92. The molecule has 1 amide bonds. The van der Waals surface area contributed by atoms with E-state index < -0.39 is 35.7 Å². The number of aromatic nitrogens is 1. The van der Waals surface area contributed by atoms with Gasteiger partial charge in [-0.25, -0.2) is 26.3 Å². The van der Waals surface area contributed by atoms with Crippen molar-refractivity contribution in [3.63, 3.8) is 0 Å². The van der Waals surface area contributed by atoms with Crippen LogP contribution >= 0.6 is 0 Å². The number of carbonyl (C=O) groups is 1. The Morgan fingerprint density at radius 3 is 1.89 bits per heavy atom. The Hall–Kier alpha value is -2.41. The predicted octanol–water partition coefficient (Wildman–Crippen LogP) is 0.342. The lowest BCUT2D eigenvalue weighted by molar-refractivity contribution is -0.116. The number of rotatable bonds is 9. The summed E-state index contributed by atoms with van der Waals surface area (Å²) in [7, 11) is -5.75. The van der Waals surface area contributed by atoms with E-state index in [4.69, 9.17) is 4.74 Å². The molecule has 2 aromatic rings. The summed E-state index contributed by atoms with van der Waals surface area (Å²) in [4.78, 5) is 11.4. The topological polar surface area (TPSA) is 136 Å². The zero-order valence-corrected chi connectivity index (χ0v) is 17.2. The fourth-order valence-corrected chi connectivity index (χ4v) is 4.63. The van der Waals surface area contributed by atoms with Crippen LogP contribution in [0.1, 0.15) is 6.92 Å². The fraction of sp³-hybridized carbons (Fsp3) is 0.312. The zero-order chi connectivity index (χ0) is 20.9. The van der Waals surface area contributed by atoms with Gasteiger partial charge in [-0.05, 0) is 45.3 Å². The van der Waals surface area contributed by atoms with Crippen LogP contribution in [0.2, 0.25) is 0 Å². The lowest BCUT2D eigenvalue weighted by atomic mass is 10.3. The second-order valence-electron chi connectivity index (χ2n) is 5.58. The molecule has 28 heavy (non-hydrogen) atoms. The fourth-order valence-electron chi connectivity index (χ4n) is 2.35. The van der Waals surface area contributed by atoms with Gasteiger partial charge in [0, 0.05) is 18.1 Å². The summed E-state index contributed by atoms with van der Waals surface area (Å²) in [5.41, 5.74) is 0.520.